The Morgan fingerprint density at radius 1 is 0.906 bits per heavy atom. The van der Waals surface area contributed by atoms with Crippen LogP contribution in [-0.2, 0) is 16.1 Å². The van der Waals surface area contributed by atoms with Crippen LogP contribution in [0.15, 0.2) is 48.4 Å². The van der Waals surface area contributed by atoms with Crippen molar-refractivity contribution in [3.8, 4) is 11.5 Å². The van der Waals surface area contributed by atoms with Crippen molar-refractivity contribution in [2.75, 3.05) is 46.9 Å². The third-order valence-corrected chi connectivity index (χ3v) is 6.04. The van der Waals surface area contributed by atoms with Crippen LogP contribution in [0.4, 0.5) is 0 Å². The number of pyridine rings is 1. The Hall–Kier alpha value is -3.39. The van der Waals surface area contributed by atoms with Crippen LogP contribution in [0.1, 0.15) is 18.1 Å². The van der Waals surface area contributed by atoms with Gasteiger partial charge in [0.15, 0.2) is 11.5 Å². The third kappa shape index (κ3) is 4.05. The van der Waals surface area contributed by atoms with Crippen LogP contribution < -0.4 is 9.47 Å². The van der Waals surface area contributed by atoms with Gasteiger partial charge in [0.05, 0.1) is 26.3 Å². The highest BCUT2D eigenvalue weighted by Gasteiger charge is 2.42. The summed E-state index contributed by atoms with van der Waals surface area (Å²) in [5.74, 6) is 0.523. The standard InChI is InChI=1S/C24H28N4O4/c1-4-26-11-13-27(14-12-26)22-21(18-5-6-19(31-2)20(15-18)32-3)23(29)28(24(22)30)16-17-7-9-25-10-8-17/h5-10,15H,4,11-14,16H2,1-3H3. The number of piperazine rings is 1. The van der Waals surface area contributed by atoms with Crippen molar-refractivity contribution in [1.82, 2.24) is 19.7 Å². The summed E-state index contributed by atoms with van der Waals surface area (Å²) >= 11 is 0. The number of nitrogens with zero attached hydrogens (tertiary/aromatic N) is 4. The Morgan fingerprint density at radius 3 is 2.22 bits per heavy atom. The van der Waals surface area contributed by atoms with E-state index in [1.54, 1.807) is 44.8 Å². The van der Waals surface area contributed by atoms with Gasteiger partial charge in [-0.15, -0.1) is 0 Å². The molecule has 0 aliphatic carbocycles. The van der Waals surface area contributed by atoms with E-state index in [1.165, 1.54) is 4.90 Å². The normalized spacial score (nSPS) is 17.3. The highest BCUT2D eigenvalue weighted by molar-refractivity contribution is 6.35. The predicted octanol–water partition coefficient (Wildman–Crippen LogP) is 2.02. The number of likely N-dealkylation sites (N-methyl/N-ethyl adjacent to an activating group) is 1. The van der Waals surface area contributed by atoms with Crippen LogP contribution >= 0.6 is 0 Å². The molecule has 0 atom stereocenters. The van der Waals surface area contributed by atoms with Crippen LogP contribution in [0.5, 0.6) is 11.5 Å². The Balaban J connectivity index is 1.74. The summed E-state index contributed by atoms with van der Waals surface area (Å²) in [5, 5.41) is 0. The van der Waals surface area contributed by atoms with Crippen molar-refractivity contribution >= 4 is 17.4 Å². The molecule has 0 spiro atoms. The Morgan fingerprint density at radius 2 is 1.59 bits per heavy atom. The topological polar surface area (TPSA) is 75.2 Å². The van der Waals surface area contributed by atoms with Gasteiger partial charge in [-0.3, -0.25) is 19.5 Å². The second kappa shape index (κ2) is 9.40. The highest BCUT2D eigenvalue weighted by atomic mass is 16.5. The van der Waals surface area contributed by atoms with E-state index >= 15 is 0 Å². The molecule has 3 heterocycles. The van der Waals surface area contributed by atoms with E-state index < -0.39 is 0 Å². The van der Waals surface area contributed by atoms with Crippen molar-refractivity contribution in [2.45, 2.75) is 13.5 Å². The minimum absolute atomic E-state index is 0.204. The monoisotopic (exact) mass is 436 g/mol. The number of hydrogen-bond acceptors (Lipinski definition) is 7. The van der Waals surface area contributed by atoms with E-state index in [0.717, 1.165) is 25.2 Å². The molecule has 1 saturated heterocycles. The first-order valence-corrected chi connectivity index (χ1v) is 10.8. The fourth-order valence-electron chi connectivity index (χ4n) is 4.21. The largest absolute Gasteiger partial charge is 0.493 e. The van der Waals surface area contributed by atoms with Gasteiger partial charge in [-0.1, -0.05) is 13.0 Å². The van der Waals surface area contributed by atoms with Crippen LogP contribution in [0, 0.1) is 0 Å². The summed E-state index contributed by atoms with van der Waals surface area (Å²) in [6.07, 6.45) is 3.32. The number of aromatic nitrogens is 1. The molecule has 0 bridgehead atoms. The van der Waals surface area contributed by atoms with Crippen LogP contribution in [0.2, 0.25) is 0 Å². The lowest BCUT2D eigenvalue weighted by molar-refractivity contribution is -0.138. The lowest BCUT2D eigenvalue weighted by Gasteiger charge is -2.36. The van der Waals surface area contributed by atoms with E-state index in [1.807, 2.05) is 17.0 Å². The fourth-order valence-corrected chi connectivity index (χ4v) is 4.21. The number of hydrogen-bond donors (Lipinski definition) is 0. The van der Waals surface area contributed by atoms with E-state index in [-0.39, 0.29) is 18.4 Å². The van der Waals surface area contributed by atoms with Crippen molar-refractivity contribution in [1.29, 1.82) is 0 Å². The highest BCUT2D eigenvalue weighted by Crippen LogP contribution is 2.37. The molecule has 2 aromatic rings. The van der Waals surface area contributed by atoms with Gasteiger partial charge in [0.1, 0.15) is 5.70 Å². The predicted molar refractivity (Wildman–Crippen MR) is 120 cm³/mol. The van der Waals surface area contributed by atoms with Crippen molar-refractivity contribution in [3.63, 3.8) is 0 Å². The summed E-state index contributed by atoms with van der Waals surface area (Å²) in [5.41, 5.74) is 2.37. The molecule has 0 saturated carbocycles. The van der Waals surface area contributed by atoms with Gasteiger partial charge in [-0.05, 0) is 41.9 Å². The number of methoxy groups -OCH3 is 2. The molecule has 0 unspecified atom stereocenters. The van der Waals surface area contributed by atoms with Crippen LogP contribution in [0.3, 0.4) is 0 Å². The van der Waals surface area contributed by atoms with E-state index in [9.17, 15) is 9.59 Å². The molecular weight excluding hydrogens is 408 g/mol. The number of carbonyl (C=O) groups is 2. The Bertz CT molecular complexity index is 1030. The molecule has 1 aromatic heterocycles. The minimum Gasteiger partial charge on any atom is -0.493 e. The van der Waals surface area contributed by atoms with E-state index in [2.05, 4.69) is 16.8 Å². The molecule has 2 aliphatic rings. The molecule has 0 N–H and O–H groups in total. The molecule has 2 aliphatic heterocycles. The summed E-state index contributed by atoms with van der Waals surface area (Å²) in [7, 11) is 3.12. The maximum atomic E-state index is 13.6. The van der Waals surface area contributed by atoms with E-state index in [0.29, 0.717) is 41.4 Å². The number of carbonyl (C=O) groups excluding carboxylic acids is 2. The van der Waals surface area contributed by atoms with Gasteiger partial charge in [0.25, 0.3) is 11.8 Å². The lowest BCUT2D eigenvalue weighted by atomic mass is 10.0. The molecule has 0 radical (unpaired) electrons. The molecule has 2 amide bonds. The van der Waals surface area contributed by atoms with Gasteiger partial charge in [-0.25, -0.2) is 0 Å². The van der Waals surface area contributed by atoms with Gasteiger partial charge >= 0.3 is 0 Å². The summed E-state index contributed by atoms with van der Waals surface area (Å²) in [4.78, 5) is 36.9. The Labute approximate surface area is 188 Å². The Kier molecular flexibility index (Phi) is 6.41. The number of ether oxygens (including phenoxy) is 2. The lowest BCUT2D eigenvalue weighted by Crippen LogP contribution is -2.47. The molecule has 1 fully saturated rings. The zero-order valence-electron chi connectivity index (χ0n) is 18.7. The van der Waals surface area contributed by atoms with E-state index in [4.69, 9.17) is 9.47 Å². The minimum atomic E-state index is -0.299. The van der Waals surface area contributed by atoms with Gasteiger partial charge in [0.2, 0.25) is 0 Å². The maximum absolute atomic E-state index is 13.6. The zero-order chi connectivity index (χ0) is 22.7. The maximum Gasteiger partial charge on any atom is 0.278 e. The van der Waals surface area contributed by atoms with Crippen molar-refractivity contribution < 1.29 is 19.1 Å². The summed E-state index contributed by atoms with van der Waals surface area (Å²) < 4.78 is 10.8. The molecule has 8 heteroatoms. The van der Waals surface area contributed by atoms with Crippen LogP contribution in [0.25, 0.3) is 5.57 Å². The number of benzene rings is 1. The zero-order valence-corrected chi connectivity index (χ0v) is 18.7. The summed E-state index contributed by atoms with van der Waals surface area (Å²) in [6, 6.07) is 8.96. The molecule has 168 valence electrons. The molecule has 1 aromatic carbocycles. The van der Waals surface area contributed by atoms with Crippen molar-refractivity contribution in [3.05, 3.63) is 59.5 Å². The van der Waals surface area contributed by atoms with Crippen LogP contribution in [-0.4, -0.2) is 78.4 Å². The average Bonchev–Trinajstić information content (AvgIpc) is 3.09. The first kappa shape index (κ1) is 21.8. The number of rotatable bonds is 7. The first-order valence-electron chi connectivity index (χ1n) is 10.8. The second-order valence-corrected chi connectivity index (χ2v) is 7.77. The average molecular weight is 437 g/mol. The van der Waals surface area contributed by atoms with Gasteiger partial charge in [0, 0.05) is 38.6 Å². The molecule has 32 heavy (non-hydrogen) atoms. The third-order valence-electron chi connectivity index (χ3n) is 6.04. The molecule has 8 nitrogen and oxygen atoms in total. The molecular formula is C24H28N4O4. The number of imide groups is 1. The first-order chi connectivity index (χ1) is 15.6. The SMILES string of the molecule is CCN1CCN(C2=C(c3ccc(OC)c(OC)c3)C(=O)N(Cc3ccncc3)C2=O)CC1. The smallest absolute Gasteiger partial charge is 0.278 e. The number of amides is 2. The quantitative estimate of drug-likeness (QED) is 0.615. The van der Waals surface area contributed by atoms with Gasteiger partial charge in [-0.2, -0.15) is 0 Å². The molecule has 4 rings (SSSR count). The summed E-state index contributed by atoms with van der Waals surface area (Å²) in [6.45, 7) is 6.40. The van der Waals surface area contributed by atoms with Crippen molar-refractivity contribution in [2.24, 2.45) is 0 Å². The second-order valence-electron chi connectivity index (χ2n) is 7.77. The van der Waals surface area contributed by atoms with Gasteiger partial charge < -0.3 is 19.3 Å². The fraction of sp³-hybridized carbons (Fsp3) is 0.375.